The third kappa shape index (κ3) is 4.66. The first kappa shape index (κ1) is 18.0. The smallest absolute Gasteiger partial charge is 0.317 e. The van der Waals surface area contributed by atoms with Crippen molar-refractivity contribution in [1.29, 1.82) is 0 Å². The number of hydrogen-bond acceptors (Lipinski definition) is 4. The molecule has 0 radical (unpaired) electrons. The van der Waals surface area contributed by atoms with Crippen molar-refractivity contribution >= 4 is 17.3 Å². The summed E-state index contributed by atoms with van der Waals surface area (Å²) >= 11 is 1.72. The number of nitrogens with zero attached hydrogens (tertiary/aromatic N) is 1. The van der Waals surface area contributed by atoms with Crippen molar-refractivity contribution in [2.24, 2.45) is 0 Å². The minimum Gasteiger partial charge on any atom is -0.480 e. The lowest BCUT2D eigenvalue weighted by molar-refractivity contribution is -0.139. The quantitative estimate of drug-likeness (QED) is 0.754. The molecular weight excluding hydrogens is 339 g/mol. The molecule has 1 saturated carbocycles. The zero-order chi connectivity index (χ0) is 17.8. The predicted octanol–water partition coefficient (Wildman–Crippen LogP) is 3.58. The molecule has 0 aliphatic heterocycles. The van der Waals surface area contributed by atoms with E-state index in [-0.39, 0.29) is 12.4 Å². The Kier molecular flexibility index (Phi) is 5.83. The maximum atomic E-state index is 13.0. The number of carbonyl (C=O) groups is 1. The van der Waals surface area contributed by atoms with Crippen LogP contribution in [0.15, 0.2) is 36.4 Å². The normalized spacial score (nSPS) is 19.8. The molecule has 2 N–H and O–H groups in total. The zero-order valence-electron chi connectivity index (χ0n) is 14.2. The summed E-state index contributed by atoms with van der Waals surface area (Å²) in [6.07, 6.45) is 1.99. The highest BCUT2D eigenvalue weighted by atomic mass is 32.1. The van der Waals surface area contributed by atoms with Gasteiger partial charge in [-0.25, -0.2) is 4.39 Å². The molecule has 2 aromatic rings. The van der Waals surface area contributed by atoms with Crippen molar-refractivity contribution in [3.05, 3.63) is 47.1 Å². The summed E-state index contributed by atoms with van der Waals surface area (Å²) in [6.45, 7) is 3.72. The van der Waals surface area contributed by atoms with Crippen molar-refractivity contribution in [3.63, 3.8) is 0 Å². The van der Waals surface area contributed by atoms with Crippen molar-refractivity contribution in [1.82, 2.24) is 10.2 Å². The molecule has 0 amide bonds. The average molecular weight is 362 g/mol. The standard InChI is InChI=1S/C19H23FN2O2S/c1-2-22(12-19(23)24)16-9-15(10-16)21-11-17-7-8-18(25-17)13-3-5-14(20)6-4-13/h3-8,15-16,21H,2,9-12H2,1H3,(H,23,24). The van der Waals surface area contributed by atoms with Gasteiger partial charge in [0.1, 0.15) is 5.82 Å². The second-order valence-electron chi connectivity index (χ2n) is 6.43. The summed E-state index contributed by atoms with van der Waals surface area (Å²) in [5.41, 5.74) is 1.04. The molecule has 0 unspecified atom stereocenters. The van der Waals surface area contributed by atoms with Crippen LogP contribution in [0.5, 0.6) is 0 Å². The molecule has 134 valence electrons. The minimum atomic E-state index is -0.759. The topological polar surface area (TPSA) is 52.6 Å². The maximum absolute atomic E-state index is 13.0. The zero-order valence-corrected chi connectivity index (χ0v) is 15.1. The Hall–Kier alpha value is -1.76. The van der Waals surface area contributed by atoms with Gasteiger partial charge in [-0.15, -0.1) is 11.3 Å². The minimum absolute atomic E-state index is 0.125. The number of likely N-dealkylation sites (N-methyl/N-ethyl adjacent to an activating group) is 1. The highest BCUT2D eigenvalue weighted by molar-refractivity contribution is 7.15. The first-order valence-electron chi connectivity index (χ1n) is 8.59. The third-order valence-electron chi connectivity index (χ3n) is 4.73. The summed E-state index contributed by atoms with van der Waals surface area (Å²) in [5, 5.41) is 12.5. The number of benzene rings is 1. The number of rotatable bonds is 8. The van der Waals surface area contributed by atoms with E-state index in [9.17, 15) is 9.18 Å². The van der Waals surface area contributed by atoms with Crippen LogP contribution in [0.25, 0.3) is 10.4 Å². The van der Waals surface area contributed by atoms with Gasteiger partial charge >= 0.3 is 5.97 Å². The van der Waals surface area contributed by atoms with E-state index in [0.717, 1.165) is 36.4 Å². The molecule has 0 atom stereocenters. The molecule has 0 spiro atoms. The summed E-state index contributed by atoms with van der Waals surface area (Å²) in [5.74, 6) is -0.976. The van der Waals surface area contributed by atoms with Crippen LogP contribution in [0.1, 0.15) is 24.6 Å². The Morgan fingerprint density at radius 2 is 2.00 bits per heavy atom. The van der Waals surface area contributed by atoms with Gasteiger partial charge in [0, 0.05) is 28.4 Å². The van der Waals surface area contributed by atoms with Crippen LogP contribution in [0.4, 0.5) is 4.39 Å². The second kappa shape index (κ2) is 8.08. The lowest BCUT2D eigenvalue weighted by Gasteiger charge is -2.42. The number of thiophene rings is 1. The molecule has 6 heteroatoms. The molecule has 1 aromatic carbocycles. The predicted molar refractivity (Wildman–Crippen MR) is 98.2 cm³/mol. The van der Waals surface area contributed by atoms with Crippen LogP contribution in [-0.4, -0.2) is 41.1 Å². The van der Waals surface area contributed by atoms with E-state index in [2.05, 4.69) is 17.4 Å². The largest absolute Gasteiger partial charge is 0.480 e. The van der Waals surface area contributed by atoms with E-state index in [1.54, 1.807) is 23.5 Å². The van der Waals surface area contributed by atoms with Crippen LogP contribution in [0, 0.1) is 5.82 Å². The number of carboxylic acid groups (broad SMARTS) is 1. The van der Waals surface area contributed by atoms with Crippen molar-refractivity contribution < 1.29 is 14.3 Å². The highest BCUT2D eigenvalue weighted by Crippen LogP contribution is 2.30. The van der Waals surface area contributed by atoms with Crippen LogP contribution in [0.3, 0.4) is 0 Å². The molecule has 4 nitrogen and oxygen atoms in total. The second-order valence-corrected chi connectivity index (χ2v) is 7.60. The SMILES string of the molecule is CCN(CC(=O)O)C1CC(NCc2ccc(-c3ccc(F)cc3)s2)C1. The van der Waals surface area contributed by atoms with Crippen molar-refractivity contribution in [2.75, 3.05) is 13.1 Å². The first-order valence-corrected chi connectivity index (χ1v) is 9.40. The van der Waals surface area contributed by atoms with Gasteiger partial charge < -0.3 is 10.4 Å². The van der Waals surface area contributed by atoms with Crippen molar-refractivity contribution in [2.45, 2.75) is 38.4 Å². The fraction of sp³-hybridized carbons (Fsp3) is 0.421. The monoisotopic (exact) mass is 362 g/mol. The summed E-state index contributed by atoms with van der Waals surface area (Å²) in [6, 6.07) is 11.6. The Bertz CT molecular complexity index is 710. The van der Waals surface area contributed by atoms with Gasteiger partial charge in [0.15, 0.2) is 0 Å². The van der Waals surface area contributed by atoms with Gasteiger partial charge in [-0.1, -0.05) is 19.1 Å². The maximum Gasteiger partial charge on any atom is 0.317 e. The number of carboxylic acids is 1. The molecule has 25 heavy (non-hydrogen) atoms. The first-order chi connectivity index (χ1) is 12.0. The van der Waals surface area contributed by atoms with Gasteiger partial charge in [-0.2, -0.15) is 0 Å². The van der Waals surface area contributed by atoms with Gasteiger partial charge in [0.2, 0.25) is 0 Å². The Balaban J connectivity index is 1.46. The van der Waals surface area contributed by atoms with E-state index in [4.69, 9.17) is 5.11 Å². The Labute approximate surface area is 151 Å². The van der Waals surface area contributed by atoms with E-state index in [1.807, 2.05) is 11.8 Å². The van der Waals surface area contributed by atoms with E-state index in [1.165, 1.54) is 17.0 Å². The molecular formula is C19H23FN2O2S. The van der Waals surface area contributed by atoms with Crippen LogP contribution < -0.4 is 5.32 Å². The van der Waals surface area contributed by atoms with Gasteiger partial charge in [0.25, 0.3) is 0 Å². The Morgan fingerprint density at radius 3 is 2.64 bits per heavy atom. The summed E-state index contributed by atoms with van der Waals surface area (Å²) in [4.78, 5) is 15.3. The molecule has 0 saturated heterocycles. The summed E-state index contributed by atoms with van der Waals surface area (Å²) in [7, 11) is 0. The molecule has 3 rings (SSSR count). The van der Waals surface area contributed by atoms with Gasteiger partial charge in [-0.05, 0) is 49.2 Å². The molecule has 0 bridgehead atoms. The number of aliphatic carboxylic acids is 1. The van der Waals surface area contributed by atoms with E-state index < -0.39 is 5.97 Å². The van der Waals surface area contributed by atoms with Crippen LogP contribution in [-0.2, 0) is 11.3 Å². The fourth-order valence-electron chi connectivity index (χ4n) is 3.21. The molecule has 1 aliphatic carbocycles. The van der Waals surface area contributed by atoms with Crippen LogP contribution >= 0.6 is 11.3 Å². The third-order valence-corrected chi connectivity index (χ3v) is 5.86. The molecule has 1 aliphatic rings. The molecule has 1 aromatic heterocycles. The molecule has 1 heterocycles. The lowest BCUT2D eigenvalue weighted by Crippen LogP contribution is -2.53. The van der Waals surface area contributed by atoms with E-state index >= 15 is 0 Å². The number of halogens is 1. The van der Waals surface area contributed by atoms with Gasteiger partial charge in [-0.3, -0.25) is 9.69 Å². The highest BCUT2D eigenvalue weighted by Gasteiger charge is 2.33. The average Bonchev–Trinajstić information content (AvgIpc) is 3.01. The van der Waals surface area contributed by atoms with E-state index in [0.29, 0.717) is 12.1 Å². The molecule has 1 fully saturated rings. The Morgan fingerprint density at radius 1 is 1.28 bits per heavy atom. The van der Waals surface area contributed by atoms with Crippen molar-refractivity contribution in [3.8, 4) is 10.4 Å². The lowest BCUT2D eigenvalue weighted by atomic mass is 9.85. The number of nitrogens with one attached hydrogen (secondary N) is 1. The van der Waals surface area contributed by atoms with Crippen LogP contribution in [0.2, 0.25) is 0 Å². The fourth-order valence-corrected chi connectivity index (χ4v) is 4.18. The van der Waals surface area contributed by atoms with Gasteiger partial charge in [0.05, 0.1) is 6.54 Å². The number of hydrogen-bond donors (Lipinski definition) is 2. The summed E-state index contributed by atoms with van der Waals surface area (Å²) < 4.78 is 13.0.